The Hall–Kier alpha value is -3.91. The molecule has 0 spiro atoms. The highest BCUT2D eigenvalue weighted by Crippen LogP contribution is 2.40. The van der Waals surface area contributed by atoms with Crippen molar-refractivity contribution in [1.29, 1.82) is 5.26 Å². The molecule has 2 aromatic carbocycles. The van der Waals surface area contributed by atoms with Crippen LogP contribution in [0.1, 0.15) is 30.3 Å². The number of fused-ring (bicyclic) bond motifs is 1. The molecule has 4 aromatic rings. The normalized spacial score (nSPS) is 13.6. The minimum atomic E-state index is -4.92. The van der Waals surface area contributed by atoms with Gasteiger partial charge in [-0.3, -0.25) is 0 Å². The van der Waals surface area contributed by atoms with Crippen LogP contribution >= 0.6 is 0 Å². The van der Waals surface area contributed by atoms with E-state index in [9.17, 15) is 32.3 Å². The predicted octanol–water partition coefficient (Wildman–Crippen LogP) is 4.85. The second-order valence-corrected chi connectivity index (χ2v) is 7.66. The molecule has 0 aliphatic rings. The van der Waals surface area contributed by atoms with E-state index in [0.717, 1.165) is 23.0 Å². The first-order valence-corrected chi connectivity index (χ1v) is 10.0. The standard InChI is InChI=1S/C23H16F5N5O/c1-2-22(34,23(26,27)28)21-12-33(32-31-21)11-13-3-5-16-17(9-15(10-29)30-20(16)7-13)14-4-6-18(24)19(25)8-14/h3-9,12,34H,2,11H2,1H3. The van der Waals surface area contributed by atoms with Gasteiger partial charge in [0, 0.05) is 5.39 Å². The summed E-state index contributed by atoms with van der Waals surface area (Å²) in [6, 6.07) is 11.7. The largest absolute Gasteiger partial charge is 0.423 e. The predicted molar refractivity (Wildman–Crippen MR) is 111 cm³/mol. The number of hydrogen-bond acceptors (Lipinski definition) is 5. The third-order valence-electron chi connectivity index (χ3n) is 5.51. The molecule has 1 N–H and O–H groups in total. The van der Waals surface area contributed by atoms with E-state index < -0.39 is 35.5 Å². The Kier molecular flexibility index (Phi) is 5.79. The third kappa shape index (κ3) is 4.08. The summed E-state index contributed by atoms with van der Waals surface area (Å²) in [5, 5.41) is 27.2. The van der Waals surface area contributed by atoms with Crippen LogP contribution in [0.2, 0.25) is 0 Å². The van der Waals surface area contributed by atoms with E-state index in [1.54, 1.807) is 18.2 Å². The molecule has 0 fully saturated rings. The summed E-state index contributed by atoms with van der Waals surface area (Å²) in [6.07, 6.45) is -4.52. The van der Waals surface area contributed by atoms with Crippen LogP contribution in [0.3, 0.4) is 0 Å². The molecule has 174 valence electrons. The highest BCUT2D eigenvalue weighted by molar-refractivity contribution is 5.95. The molecule has 1 unspecified atom stereocenters. The van der Waals surface area contributed by atoms with Crippen molar-refractivity contribution in [3.05, 3.63) is 77.2 Å². The summed E-state index contributed by atoms with van der Waals surface area (Å²) in [5.74, 6) is -2.04. The maximum atomic E-state index is 13.8. The summed E-state index contributed by atoms with van der Waals surface area (Å²) >= 11 is 0. The van der Waals surface area contributed by atoms with E-state index in [-0.39, 0.29) is 12.2 Å². The maximum absolute atomic E-state index is 13.8. The number of aromatic nitrogens is 4. The van der Waals surface area contributed by atoms with Crippen LogP contribution in [-0.4, -0.2) is 31.3 Å². The number of rotatable bonds is 5. The van der Waals surface area contributed by atoms with Crippen molar-refractivity contribution >= 4 is 10.9 Å². The lowest BCUT2D eigenvalue weighted by atomic mass is 9.96. The van der Waals surface area contributed by atoms with Crippen LogP contribution in [0.25, 0.3) is 22.0 Å². The number of nitrogens with zero attached hydrogens (tertiary/aromatic N) is 5. The van der Waals surface area contributed by atoms with Gasteiger partial charge in [-0.25, -0.2) is 18.4 Å². The first-order chi connectivity index (χ1) is 16.1. The second-order valence-electron chi connectivity index (χ2n) is 7.66. The molecule has 0 aliphatic heterocycles. The molecule has 1 atom stereocenters. The Labute approximate surface area is 189 Å². The van der Waals surface area contributed by atoms with Crippen LogP contribution in [0.15, 0.2) is 48.7 Å². The van der Waals surface area contributed by atoms with Gasteiger partial charge in [0.1, 0.15) is 17.5 Å². The van der Waals surface area contributed by atoms with Crippen LogP contribution in [0.5, 0.6) is 0 Å². The molecule has 2 aromatic heterocycles. The van der Waals surface area contributed by atoms with Crippen LogP contribution in [0, 0.1) is 23.0 Å². The smallest absolute Gasteiger partial charge is 0.375 e. The maximum Gasteiger partial charge on any atom is 0.423 e. The Morgan fingerprint density at radius 3 is 2.47 bits per heavy atom. The number of pyridine rings is 1. The van der Waals surface area contributed by atoms with Crippen molar-refractivity contribution in [2.75, 3.05) is 0 Å². The molecule has 0 aliphatic carbocycles. The summed E-state index contributed by atoms with van der Waals surface area (Å²) in [4.78, 5) is 4.25. The molecular formula is C23H16F5N5O. The van der Waals surface area contributed by atoms with Gasteiger partial charge >= 0.3 is 6.18 Å². The monoisotopic (exact) mass is 473 g/mol. The van der Waals surface area contributed by atoms with E-state index in [2.05, 4.69) is 15.3 Å². The zero-order valence-corrected chi connectivity index (χ0v) is 17.6. The minimum absolute atomic E-state index is 0.0135. The van der Waals surface area contributed by atoms with Gasteiger partial charge in [-0.05, 0) is 47.4 Å². The Bertz CT molecular complexity index is 1430. The molecule has 6 nitrogen and oxygen atoms in total. The van der Waals surface area contributed by atoms with Gasteiger partial charge in [-0.15, -0.1) is 5.10 Å². The topological polar surface area (TPSA) is 87.6 Å². The van der Waals surface area contributed by atoms with Gasteiger partial charge in [0.25, 0.3) is 0 Å². The van der Waals surface area contributed by atoms with Crippen molar-refractivity contribution in [1.82, 2.24) is 20.0 Å². The average Bonchev–Trinajstić information content (AvgIpc) is 3.27. The van der Waals surface area contributed by atoms with Crippen molar-refractivity contribution < 1.29 is 27.1 Å². The molecule has 2 heterocycles. The Morgan fingerprint density at radius 2 is 1.82 bits per heavy atom. The summed E-state index contributed by atoms with van der Waals surface area (Å²) in [7, 11) is 0. The zero-order valence-electron chi connectivity index (χ0n) is 17.6. The van der Waals surface area contributed by atoms with E-state index in [1.807, 2.05) is 6.07 Å². The lowest BCUT2D eigenvalue weighted by molar-refractivity contribution is -0.269. The highest BCUT2D eigenvalue weighted by Gasteiger charge is 2.55. The molecule has 0 radical (unpaired) electrons. The van der Waals surface area contributed by atoms with Gasteiger partial charge in [0.2, 0.25) is 5.60 Å². The van der Waals surface area contributed by atoms with Crippen LogP contribution in [0.4, 0.5) is 22.0 Å². The van der Waals surface area contributed by atoms with Crippen LogP contribution in [-0.2, 0) is 12.1 Å². The fourth-order valence-corrected chi connectivity index (χ4v) is 3.61. The molecule has 0 saturated carbocycles. The first kappa shape index (κ1) is 23.3. The minimum Gasteiger partial charge on any atom is -0.375 e. The van der Waals surface area contributed by atoms with Gasteiger partial charge in [0.15, 0.2) is 11.6 Å². The second kappa shape index (κ2) is 8.46. The van der Waals surface area contributed by atoms with Crippen LogP contribution < -0.4 is 0 Å². The average molecular weight is 473 g/mol. The molecule has 0 bridgehead atoms. The van der Waals surface area contributed by atoms with E-state index in [1.165, 1.54) is 19.1 Å². The van der Waals surface area contributed by atoms with Crippen molar-refractivity contribution in [2.45, 2.75) is 31.7 Å². The molecular weight excluding hydrogens is 457 g/mol. The number of nitriles is 1. The van der Waals surface area contributed by atoms with Gasteiger partial charge in [0.05, 0.1) is 18.3 Å². The first-order valence-electron chi connectivity index (χ1n) is 10.0. The lowest BCUT2D eigenvalue weighted by Crippen LogP contribution is -2.42. The van der Waals surface area contributed by atoms with Gasteiger partial charge in [-0.2, -0.15) is 18.4 Å². The molecule has 0 saturated heterocycles. The molecule has 11 heteroatoms. The zero-order chi connectivity index (χ0) is 24.7. The number of benzene rings is 2. The summed E-state index contributed by atoms with van der Waals surface area (Å²) in [5.41, 5.74) is -1.92. The van der Waals surface area contributed by atoms with Crippen molar-refractivity contribution in [3.8, 4) is 17.2 Å². The number of alkyl halides is 3. The fourth-order valence-electron chi connectivity index (χ4n) is 3.61. The number of hydrogen-bond donors (Lipinski definition) is 1. The molecule has 34 heavy (non-hydrogen) atoms. The van der Waals surface area contributed by atoms with Crippen molar-refractivity contribution in [3.63, 3.8) is 0 Å². The highest BCUT2D eigenvalue weighted by atomic mass is 19.4. The van der Waals surface area contributed by atoms with Gasteiger partial charge < -0.3 is 5.11 Å². The van der Waals surface area contributed by atoms with Gasteiger partial charge in [-0.1, -0.05) is 30.3 Å². The van der Waals surface area contributed by atoms with E-state index >= 15 is 0 Å². The molecule has 4 rings (SSSR count). The van der Waals surface area contributed by atoms with E-state index in [0.29, 0.717) is 27.6 Å². The van der Waals surface area contributed by atoms with Crippen molar-refractivity contribution in [2.24, 2.45) is 0 Å². The number of halogens is 5. The summed E-state index contributed by atoms with van der Waals surface area (Å²) in [6.45, 7) is 1.21. The number of aliphatic hydroxyl groups is 1. The lowest BCUT2D eigenvalue weighted by Gasteiger charge is -2.26. The fraction of sp³-hybridized carbons (Fsp3) is 0.217. The molecule has 0 amide bonds. The Morgan fingerprint density at radius 1 is 1.06 bits per heavy atom. The quantitative estimate of drug-likeness (QED) is 0.419. The summed E-state index contributed by atoms with van der Waals surface area (Å²) < 4.78 is 68.2. The Balaban J connectivity index is 1.72. The third-order valence-corrected chi connectivity index (χ3v) is 5.51. The van der Waals surface area contributed by atoms with E-state index in [4.69, 9.17) is 0 Å². The SMILES string of the molecule is CCC(O)(c1cn(Cc2ccc3c(-c4ccc(F)c(F)c4)cc(C#N)nc3c2)nn1)C(F)(F)F.